The summed E-state index contributed by atoms with van der Waals surface area (Å²) in [6.07, 6.45) is 0. The number of rotatable bonds is 4. The van der Waals surface area contributed by atoms with Gasteiger partial charge in [-0.3, -0.25) is 9.59 Å². The third-order valence-corrected chi connectivity index (χ3v) is 2.49. The van der Waals surface area contributed by atoms with E-state index in [1.54, 1.807) is 0 Å². The van der Waals surface area contributed by atoms with Crippen LogP contribution >= 0.6 is 0 Å². The zero-order valence-corrected chi connectivity index (χ0v) is 7.81. The number of carboxylic acids is 2. The number of hydrogen-bond donors (Lipinski definition) is 3. The fourth-order valence-electron chi connectivity index (χ4n) is 0.875. The van der Waals surface area contributed by atoms with Crippen molar-refractivity contribution in [2.45, 2.75) is 26.4 Å². The van der Waals surface area contributed by atoms with Crippen molar-refractivity contribution in [2.24, 2.45) is 11.8 Å². The second kappa shape index (κ2) is 3.74. The molecule has 0 fully saturated rings. The molecular formula is C8H14O5. The highest BCUT2D eigenvalue weighted by Crippen LogP contribution is 2.26. The summed E-state index contributed by atoms with van der Waals surface area (Å²) in [7, 11) is 0. The number of carbonyl (C=O) groups is 2. The lowest BCUT2D eigenvalue weighted by atomic mass is 9.80. The minimum absolute atomic E-state index is 1.11. The molecule has 0 aromatic heterocycles. The number of hydrogen-bond acceptors (Lipinski definition) is 3. The molecule has 13 heavy (non-hydrogen) atoms. The average Bonchev–Trinajstić information content (AvgIpc) is 2.01. The van der Waals surface area contributed by atoms with Gasteiger partial charge in [-0.15, -0.1) is 0 Å². The van der Waals surface area contributed by atoms with Gasteiger partial charge in [0.15, 0.2) is 0 Å². The van der Waals surface area contributed by atoms with Gasteiger partial charge in [0.25, 0.3) is 0 Å². The van der Waals surface area contributed by atoms with Gasteiger partial charge in [-0.05, 0) is 20.8 Å². The molecular weight excluding hydrogens is 176 g/mol. The molecule has 76 valence electrons. The molecule has 0 aliphatic heterocycles. The Kier molecular flexibility index (Phi) is 3.42. The molecule has 3 N–H and O–H groups in total. The van der Waals surface area contributed by atoms with Gasteiger partial charge in [0, 0.05) is 0 Å². The fourth-order valence-corrected chi connectivity index (χ4v) is 0.875. The van der Waals surface area contributed by atoms with Crippen LogP contribution in [0.4, 0.5) is 0 Å². The van der Waals surface area contributed by atoms with Crippen LogP contribution in [-0.4, -0.2) is 32.9 Å². The van der Waals surface area contributed by atoms with Gasteiger partial charge in [0.2, 0.25) is 0 Å². The zero-order valence-electron chi connectivity index (χ0n) is 7.81. The summed E-state index contributed by atoms with van der Waals surface area (Å²) >= 11 is 0. The molecule has 0 spiro atoms. The number of aliphatic hydroxyl groups is 1. The minimum Gasteiger partial charge on any atom is -0.481 e. The van der Waals surface area contributed by atoms with Gasteiger partial charge in [-0.2, -0.15) is 0 Å². The lowest BCUT2D eigenvalue weighted by Crippen LogP contribution is -2.46. The molecule has 0 aliphatic rings. The van der Waals surface area contributed by atoms with E-state index in [2.05, 4.69) is 0 Å². The van der Waals surface area contributed by atoms with Crippen LogP contribution in [0.25, 0.3) is 0 Å². The summed E-state index contributed by atoms with van der Waals surface area (Å²) in [4.78, 5) is 21.0. The lowest BCUT2D eigenvalue weighted by molar-refractivity contribution is -0.162. The molecule has 0 aliphatic carbocycles. The van der Waals surface area contributed by atoms with E-state index < -0.39 is 29.4 Å². The Hall–Kier alpha value is -1.10. The van der Waals surface area contributed by atoms with Crippen LogP contribution in [0.15, 0.2) is 0 Å². The molecule has 0 bridgehead atoms. The first-order chi connectivity index (χ1) is 5.71. The molecule has 0 amide bonds. The molecule has 0 aromatic rings. The minimum atomic E-state index is -1.74. The molecule has 5 nitrogen and oxygen atoms in total. The highest BCUT2D eigenvalue weighted by molar-refractivity contribution is 5.75. The predicted molar refractivity (Wildman–Crippen MR) is 44.2 cm³/mol. The first-order valence-corrected chi connectivity index (χ1v) is 3.89. The lowest BCUT2D eigenvalue weighted by Gasteiger charge is -2.30. The normalized spacial score (nSPS) is 20.0. The Morgan fingerprint density at radius 1 is 1.08 bits per heavy atom. The van der Waals surface area contributed by atoms with Crippen LogP contribution < -0.4 is 0 Å². The highest BCUT2D eigenvalue weighted by atomic mass is 16.4. The van der Waals surface area contributed by atoms with Crippen LogP contribution in [0, 0.1) is 11.8 Å². The van der Waals surface area contributed by atoms with Gasteiger partial charge in [-0.1, -0.05) is 0 Å². The van der Waals surface area contributed by atoms with Crippen LogP contribution in [0.1, 0.15) is 20.8 Å². The maximum absolute atomic E-state index is 10.5. The fraction of sp³-hybridized carbons (Fsp3) is 0.750. The molecule has 0 heterocycles. The van der Waals surface area contributed by atoms with E-state index in [1.165, 1.54) is 20.8 Å². The summed E-state index contributed by atoms with van der Waals surface area (Å²) in [5.41, 5.74) is -1.74. The van der Waals surface area contributed by atoms with E-state index in [0.717, 1.165) is 0 Å². The molecule has 0 saturated heterocycles. The predicted octanol–water partition coefficient (Wildman–Crippen LogP) is 0.179. The summed E-state index contributed by atoms with van der Waals surface area (Å²) in [5.74, 6) is -4.65. The summed E-state index contributed by atoms with van der Waals surface area (Å²) in [6.45, 7) is 3.77. The molecule has 2 atom stereocenters. The van der Waals surface area contributed by atoms with Crippen LogP contribution in [0.5, 0.6) is 0 Å². The summed E-state index contributed by atoms with van der Waals surface area (Å²) in [6, 6.07) is 0. The number of carboxylic acid groups (broad SMARTS) is 2. The Morgan fingerprint density at radius 2 is 1.31 bits per heavy atom. The SMILES string of the molecule is CC(C(=O)O)C(C)(O)C(C)C(=O)O. The van der Waals surface area contributed by atoms with Crippen LogP contribution in [0.2, 0.25) is 0 Å². The molecule has 2 unspecified atom stereocenters. The summed E-state index contributed by atoms with van der Waals surface area (Å²) in [5, 5.41) is 26.8. The van der Waals surface area contributed by atoms with Crippen molar-refractivity contribution in [2.75, 3.05) is 0 Å². The maximum atomic E-state index is 10.5. The Bertz CT molecular complexity index is 199. The van der Waals surface area contributed by atoms with E-state index in [9.17, 15) is 14.7 Å². The molecule has 0 rings (SSSR count). The zero-order chi connectivity index (χ0) is 10.8. The van der Waals surface area contributed by atoms with Gasteiger partial charge >= 0.3 is 11.9 Å². The smallest absolute Gasteiger partial charge is 0.309 e. The Morgan fingerprint density at radius 3 is 1.46 bits per heavy atom. The average molecular weight is 190 g/mol. The second-order valence-corrected chi connectivity index (χ2v) is 3.35. The van der Waals surface area contributed by atoms with E-state index in [0.29, 0.717) is 0 Å². The molecule has 0 radical (unpaired) electrons. The van der Waals surface area contributed by atoms with E-state index >= 15 is 0 Å². The van der Waals surface area contributed by atoms with Crippen molar-refractivity contribution >= 4 is 11.9 Å². The standard InChI is InChI=1S/C8H14O5/c1-4(6(9)10)8(3,13)5(2)7(11)12/h4-5,13H,1-3H3,(H,9,10)(H,11,12). The molecule has 5 heteroatoms. The molecule has 0 aromatic carbocycles. The quantitative estimate of drug-likeness (QED) is 0.587. The Labute approximate surface area is 76.0 Å². The van der Waals surface area contributed by atoms with Crippen molar-refractivity contribution in [3.63, 3.8) is 0 Å². The van der Waals surface area contributed by atoms with Gasteiger partial charge in [0.05, 0.1) is 17.4 Å². The topological polar surface area (TPSA) is 94.8 Å². The summed E-state index contributed by atoms with van der Waals surface area (Å²) < 4.78 is 0. The first-order valence-electron chi connectivity index (χ1n) is 3.89. The van der Waals surface area contributed by atoms with Crippen molar-refractivity contribution in [1.29, 1.82) is 0 Å². The van der Waals surface area contributed by atoms with Crippen molar-refractivity contribution in [3.05, 3.63) is 0 Å². The monoisotopic (exact) mass is 190 g/mol. The first kappa shape index (κ1) is 11.9. The van der Waals surface area contributed by atoms with Gasteiger partial charge < -0.3 is 15.3 Å². The number of aliphatic carboxylic acids is 2. The van der Waals surface area contributed by atoms with Gasteiger partial charge in [-0.25, -0.2) is 0 Å². The third kappa shape index (κ3) is 2.42. The van der Waals surface area contributed by atoms with Crippen LogP contribution in [0.3, 0.4) is 0 Å². The van der Waals surface area contributed by atoms with E-state index in [4.69, 9.17) is 10.2 Å². The van der Waals surface area contributed by atoms with E-state index in [-0.39, 0.29) is 0 Å². The van der Waals surface area contributed by atoms with E-state index in [1.807, 2.05) is 0 Å². The van der Waals surface area contributed by atoms with Gasteiger partial charge in [0.1, 0.15) is 0 Å². The Balaban J connectivity index is 4.74. The van der Waals surface area contributed by atoms with Crippen molar-refractivity contribution in [3.8, 4) is 0 Å². The molecule has 0 saturated carbocycles. The second-order valence-electron chi connectivity index (χ2n) is 3.35. The van der Waals surface area contributed by atoms with Crippen LogP contribution in [-0.2, 0) is 9.59 Å². The highest BCUT2D eigenvalue weighted by Gasteiger charge is 2.42. The maximum Gasteiger partial charge on any atom is 0.309 e. The van der Waals surface area contributed by atoms with Crippen molar-refractivity contribution in [1.82, 2.24) is 0 Å². The third-order valence-electron chi connectivity index (χ3n) is 2.49. The van der Waals surface area contributed by atoms with Crippen molar-refractivity contribution < 1.29 is 24.9 Å². The largest absolute Gasteiger partial charge is 0.481 e.